The van der Waals surface area contributed by atoms with Gasteiger partial charge in [0, 0.05) is 15.7 Å². The van der Waals surface area contributed by atoms with E-state index in [9.17, 15) is 4.79 Å². The molecule has 0 unspecified atom stereocenters. The summed E-state index contributed by atoms with van der Waals surface area (Å²) in [6.07, 6.45) is 0. The number of hydrogen-bond acceptors (Lipinski definition) is 1. The Morgan fingerprint density at radius 3 is 2.40 bits per heavy atom. The number of piperazine rings is 1. The molecular weight excluding hydrogens is 378 g/mol. The number of hydrogen-bond donors (Lipinski definition) is 3. The van der Waals surface area contributed by atoms with Crippen LogP contribution in [-0.4, -0.2) is 38.6 Å². The highest BCUT2D eigenvalue weighted by atomic mass is 79.9. The highest BCUT2D eigenvalue weighted by Crippen LogP contribution is 2.20. The lowest BCUT2D eigenvalue weighted by atomic mass is 10.2. The van der Waals surface area contributed by atoms with E-state index in [1.807, 2.05) is 25.1 Å². The van der Waals surface area contributed by atoms with E-state index in [4.69, 9.17) is 0 Å². The molecule has 5 heteroatoms. The van der Waals surface area contributed by atoms with Crippen LogP contribution in [0.2, 0.25) is 0 Å². The van der Waals surface area contributed by atoms with Crippen molar-refractivity contribution >= 4 is 27.5 Å². The van der Waals surface area contributed by atoms with Crippen LogP contribution in [0.3, 0.4) is 0 Å². The molecule has 1 amide bonds. The Labute approximate surface area is 158 Å². The molecule has 0 atom stereocenters. The van der Waals surface area contributed by atoms with E-state index in [-0.39, 0.29) is 5.91 Å². The quantitative estimate of drug-likeness (QED) is 0.674. The fraction of sp³-hybridized carbons (Fsp3) is 0.350. The molecule has 0 saturated carbocycles. The lowest BCUT2D eigenvalue weighted by Gasteiger charge is -2.29. The van der Waals surface area contributed by atoms with Gasteiger partial charge >= 0.3 is 0 Å². The van der Waals surface area contributed by atoms with Gasteiger partial charge in [-0.2, -0.15) is 0 Å². The van der Waals surface area contributed by atoms with Gasteiger partial charge in [0.2, 0.25) is 0 Å². The molecule has 1 aliphatic rings. The van der Waals surface area contributed by atoms with Crippen molar-refractivity contribution in [2.24, 2.45) is 0 Å². The molecule has 0 spiro atoms. The Morgan fingerprint density at radius 2 is 1.72 bits per heavy atom. The first-order valence-corrected chi connectivity index (χ1v) is 9.66. The number of benzene rings is 2. The standard InChI is InChI=1S/C20H24BrN3O/c1-16-7-8-18(13-19(16)21)22-20(25)15-24-11-9-23(10-12-24)14-17-5-3-2-4-6-17/h2-8,13H,9-12,14-15H2,1H3,(H,22,25)/p+2. The van der Waals surface area contributed by atoms with Crippen molar-refractivity contribution in [3.05, 3.63) is 64.1 Å². The molecule has 1 saturated heterocycles. The molecule has 25 heavy (non-hydrogen) atoms. The molecule has 132 valence electrons. The highest BCUT2D eigenvalue weighted by Gasteiger charge is 2.24. The average Bonchev–Trinajstić information content (AvgIpc) is 2.61. The van der Waals surface area contributed by atoms with E-state index in [0.717, 1.165) is 42.9 Å². The van der Waals surface area contributed by atoms with Gasteiger partial charge in [0.05, 0.1) is 0 Å². The topological polar surface area (TPSA) is 38.0 Å². The molecule has 0 aliphatic carbocycles. The summed E-state index contributed by atoms with van der Waals surface area (Å²) in [7, 11) is 0. The third kappa shape index (κ3) is 5.39. The summed E-state index contributed by atoms with van der Waals surface area (Å²) < 4.78 is 1.02. The fourth-order valence-electron chi connectivity index (χ4n) is 3.30. The zero-order valence-corrected chi connectivity index (χ0v) is 16.2. The van der Waals surface area contributed by atoms with Crippen molar-refractivity contribution in [1.82, 2.24) is 0 Å². The summed E-state index contributed by atoms with van der Waals surface area (Å²) in [5.74, 6) is 0.0947. The van der Waals surface area contributed by atoms with Crippen LogP contribution in [0.5, 0.6) is 0 Å². The fourth-order valence-corrected chi connectivity index (χ4v) is 3.68. The number of carbonyl (C=O) groups excluding carboxylic acids is 1. The van der Waals surface area contributed by atoms with Crippen LogP contribution in [0.25, 0.3) is 0 Å². The summed E-state index contributed by atoms with van der Waals surface area (Å²) in [6, 6.07) is 16.6. The predicted molar refractivity (Wildman–Crippen MR) is 104 cm³/mol. The Bertz CT molecular complexity index is 712. The van der Waals surface area contributed by atoms with Crippen LogP contribution in [0, 0.1) is 6.92 Å². The molecule has 1 aliphatic heterocycles. The van der Waals surface area contributed by atoms with Crippen molar-refractivity contribution in [1.29, 1.82) is 0 Å². The number of nitrogens with one attached hydrogen (secondary N) is 3. The van der Waals surface area contributed by atoms with Crippen LogP contribution in [0.4, 0.5) is 5.69 Å². The molecule has 4 nitrogen and oxygen atoms in total. The zero-order valence-electron chi connectivity index (χ0n) is 14.6. The summed E-state index contributed by atoms with van der Waals surface area (Å²) >= 11 is 3.51. The lowest BCUT2D eigenvalue weighted by Crippen LogP contribution is -3.28. The monoisotopic (exact) mass is 403 g/mol. The van der Waals surface area contributed by atoms with Gasteiger partial charge in [-0.3, -0.25) is 4.79 Å². The Balaban J connectivity index is 1.43. The Hall–Kier alpha value is -1.69. The van der Waals surface area contributed by atoms with Gasteiger partial charge in [0.1, 0.15) is 32.7 Å². The minimum atomic E-state index is 0.0947. The second kappa shape index (κ2) is 8.61. The van der Waals surface area contributed by atoms with E-state index < -0.39 is 0 Å². The van der Waals surface area contributed by atoms with E-state index in [0.29, 0.717) is 6.54 Å². The molecule has 0 radical (unpaired) electrons. The van der Waals surface area contributed by atoms with Crippen LogP contribution < -0.4 is 15.1 Å². The number of aryl methyl sites for hydroxylation is 1. The molecule has 1 heterocycles. The predicted octanol–water partition coefficient (Wildman–Crippen LogP) is 0.680. The molecule has 2 aromatic rings. The number of carbonyl (C=O) groups is 1. The number of amides is 1. The Kier molecular flexibility index (Phi) is 6.24. The van der Waals surface area contributed by atoms with Crippen molar-refractivity contribution in [3.63, 3.8) is 0 Å². The normalized spacial score (nSPS) is 20.2. The summed E-state index contributed by atoms with van der Waals surface area (Å²) in [5.41, 5.74) is 3.42. The second-order valence-corrected chi connectivity index (χ2v) is 7.71. The molecule has 3 N–H and O–H groups in total. The molecule has 0 aromatic heterocycles. The third-order valence-electron chi connectivity index (χ3n) is 4.83. The second-order valence-electron chi connectivity index (χ2n) is 6.85. The van der Waals surface area contributed by atoms with E-state index >= 15 is 0 Å². The maximum Gasteiger partial charge on any atom is 0.279 e. The maximum atomic E-state index is 12.3. The zero-order chi connectivity index (χ0) is 17.6. The number of rotatable bonds is 5. The molecule has 2 aromatic carbocycles. The van der Waals surface area contributed by atoms with Gasteiger partial charge in [-0.05, 0) is 24.6 Å². The minimum Gasteiger partial charge on any atom is -0.322 e. The lowest BCUT2D eigenvalue weighted by molar-refractivity contribution is -1.02. The molecule has 0 bridgehead atoms. The summed E-state index contributed by atoms with van der Waals surface area (Å²) in [5, 5.41) is 3.01. The number of anilines is 1. The van der Waals surface area contributed by atoms with Crippen molar-refractivity contribution in [2.75, 3.05) is 38.0 Å². The Morgan fingerprint density at radius 1 is 1.04 bits per heavy atom. The smallest absolute Gasteiger partial charge is 0.279 e. The van der Waals surface area contributed by atoms with Crippen molar-refractivity contribution in [2.45, 2.75) is 13.5 Å². The van der Waals surface area contributed by atoms with Gasteiger partial charge in [0.15, 0.2) is 6.54 Å². The van der Waals surface area contributed by atoms with Gasteiger partial charge in [-0.15, -0.1) is 0 Å². The summed E-state index contributed by atoms with van der Waals surface area (Å²) in [6.45, 7) is 8.00. The first-order chi connectivity index (χ1) is 12.1. The van der Waals surface area contributed by atoms with Crippen LogP contribution >= 0.6 is 15.9 Å². The van der Waals surface area contributed by atoms with E-state index in [2.05, 4.69) is 51.6 Å². The average molecular weight is 404 g/mol. The van der Waals surface area contributed by atoms with E-state index in [1.165, 1.54) is 16.0 Å². The SMILES string of the molecule is Cc1ccc(NC(=O)C[NH+]2CC[NH+](Cc3ccccc3)CC2)cc1Br. The van der Waals surface area contributed by atoms with Gasteiger partial charge < -0.3 is 15.1 Å². The third-order valence-corrected chi connectivity index (χ3v) is 5.68. The van der Waals surface area contributed by atoms with Crippen LogP contribution in [0.1, 0.15) is 11.1 Å². The van der Waals surface area contributed by atoms with Gasteiger partial charge in [-0.25, -0.2) is 0 Å². The van der Waals surface area contributed by atoms with E-state index in [1.54, 1.807) is 4.90 Å². The number of halogens is 1. The summed E-state index contributed by atoms with van der Waals surface area (Å²) in [4.78, 5) is 15.3. The van der Waals surface area contributed by atoms with Crippen LogP contribution in [0.15, 0.2) is 53.0 Å². The minimum absolute atomic E-state index is 0.0947. The van der Waals surface area contributed by atoms with Gasteiger partial charge in [0.25, 0.3) is 5.91 Å². The van der Waals surface area contributed by atoms with Crippen LogP contribution in [-0.2, 0) is 11.3 Å². The first kappa shape index (κ1) is 18.1. The van der Waals surface area contributed by atoms with Crippen molar-refractivity contribution in [3.8, 4) is 0 Å². The maximum absolute atomic E-state index is 12.3. The first-order valence-electron chi connectivity index (χ1n) is 8.87. The van der Waals surface area contributed by atoms with Gasteiger partial charge in [-0.1, -0.05) is 52.3 Å². The highest BCUT2D eigenvalue weighted by molar-refractivity contribution is 9.10. The molecule has 1 fully saturated rings. The molecule has 3 rings (SSSR count). The molecular formula is C20H26BrN3O+2. The largest absolute Gasteiger partial charge is 0.322 e. The number of quaternary nitrogens is 2. The van der Waals surface area contributed by atoms with Crippen molar-refractivity contribution < 1.29 is 14.6 Å².